The number of hydrogen-bond donors (Lipinski definition) is 1. The lowest BCUT2D eigenvalue weighted by Crippen LogP contribution is -2.41. The molecule has 1 atom stereocenters. The van der Waals surface area contributed by atoms with Gasteiger partial charge in [0, 0.05) is 22.8 Å². The van der Waals surface area contributed by atoms with Gasteiger partial charge in [-0.3, -0.25) is 4.79 Å². The van der Waals surface area contributed by atoms with Crippen molar-refractivity contribution in [1.82, 2.24) is 5.32 Å². The molecule has 3 nitrogen and oxygen atoms in total. The Morgan fingerprint density at radius 1 is 1.31 bits per heavy atom. The second-order valence-electron chi connectivity index (χ2n) is 7.31. The van der Waals surface area contributed by atoms with Crippen LogP contribution in [0.25, 0.3) is 0 Å². The number of ether oxygens (including phenoxy) is 1. The largest absolute Gasteiger partial charge is 0.487 e. The van der Waals surface area contributed by atoms with Gasteiger partial charge < -0.3 is 10.1 Å². The fraction of sp³-hybridized carbons (Fsp3) is 0.381. The maximum absolute atomic E-state index is 12.5. The number of nitrogens with one attached hydrogen (secondary N) is 1. The van der Waals surface area contributed by atoms with Gasteiger partial charge in [-0.2, -0.15) is 0 Å². The van der Waals surface area contributed by atoms with Crippen LogP contribution >= 0.6 is 23.4 Å². The molecule has 1 aliphatic heterocycles. The van der Waals surface area contributed by atoms with E-state index in [0.717, 1.165) is 34.1 Å². The molecule has 1 unspecified atom stereocenters. The third kappa shape index (κ3) is 4.74. The van der Waals surface area contributed by atoms with Gasteiger partial charge in [0.2, 0.25) is 5.91 Å². The fourth-order valence-corrected chi connectivity index (χ4v) is 4.33. The van der Waals surface area contributed by atoms with Crippen LogP contribution in [0.1, 0.15) is 43.0 Å². The van der Waals surface area contributed by atoms with Gasteiger partial charge in [0.15, 0.2) is 0 Å². The van der Waals surface area contributed by atoms with E-state index in [-0.39, 0.29) is 17.6 Å². The minimum absolute atomic E-state index is 0.0259. The molecule has 1 amide bonds. The van der Waals surface area contributed by atoms with Gasteiger partial charge in [0.05, 0.1) is 11.8 Å². The van der Waals surface area contributed by atoms with Crippen LogP contribution in [0.2, 0.25) is 5.02 Å². The molecule has 0 saturated carbocycles. The standard InChI is InChI=1S/C21H24ClNO2S/c1-14-8-9-19-16(10-14)18(11-21(2,3)25-19)23-20(24)13-26-12-15-6-4-5-7-17(15)22/h4-10,18H,11-13H2,1-3H3,(H,23,24). The van der Waals surface area contributed by atoms with Gasteiger partial charge in [-0.15, -0.1) is 11.8 Å². The summed E-state index contributed by atoms with van der Waals surface area (Å²) in [5.41, 5.74) is 2.98. The minimum atomic E-state index is -0.301. The summed E-state index contributed by atoms with van der Waals surface area (Å²) in [6.07, 6.45) is 0.754. The quantitative estimate of drug-likeness (QED) is 0.753. The number of benzene rings is 2. The topological polar surface area (TPSA) is 38.3 Å². The van der Waals surface area contributed by atoms with Gasteiger partial charge in [0.25, 0.3) is 0 Å². The molecule has 0 aliphatic carbocycles. The first-order valence-electron chi connectivity index (χ1n) is 8.74. The molecule has 138 valence electrons. The lowest BCUT2D eigenvalue weighted by Gasteiger charge is -2.38. The highest BCUT2D eigenvalue weighted by Gasteiger charge is 2.34. The van der Waals surface area contributed by atoms with Gasteiger partial charge in [0.1, 0.15) is 11.4 Å². The molecule has 5 heteroatoms. The van der Waals surface area contributed by atoms with Crippen molar-refractivity contribution in [2.24, 2.45) is 0 Å². The van der Waals surface area contributed by atoms with Gasteiger partial charge in [-0.1, -0.05) is 47.5 Å². The summed E-state index contributed by atoms with van der Waals surface area (Å²) in [4.78, 5) is 12.5. The number of carbonyl (C=O) groups excluding carboxylic acids is 1. The Kier molecular flexibility index (Phi) is 5.83. The highest BCUT2D eigenvalue weighted by molar-refractivity contribution is 7.99. The number of fused-ring (bicyclic) bond motifs is 1. The van der Waals surface area contributed by atoms with Crippen molar-refractivity contribution in [3.05, 3.63) is 64.2 Å². The average Bonchev–Trinajstić information content (AvgIpc) is 2.56. The van der Waals surface area contributed by atoms with Crippen molar-refractivity contribution in [3.8, 4) is 5.75 Å². The molecular weight excluding hydrogens is 366 g/mol. The highest BCUT2D eigenvalue weighted by atomic mass is 35.5. The Balaban J connectivity index is 1.62. The molecule has 1 heterocycles. The number of carbonyl (C=O) groups is 1. The molecule has 0 spiro atoms. The second-order valence-corrected chi connectivity index (χ2v) is 8.70. The van der Waals surface area contributed by atoms with Crippen molar-refractivity contribution in [1.29, 1.82) is 0 Å². The van der Waals surface area contributed by atoms with Crippen LogP contribution in [-0.4, -0.2) is 17.3 Å². The Morgan fingerprint density at radius 3 is 2.85 bits per heavy atom. The van der Waals surface area contributed by atoms with E-state index in [0.29, 0.717) is 5.75 Å². The van der Waals surface area contributed by atoms with Crippen molar-refractivity contribution >= 4 is 29.3 Å². The molecule has 0 radical (unpaired) electrons. The molecule has 0 saturated heterocycles. The van der Waals surface area contributed by atoms with E-state index in [2.05, 4.69) is 32.2 Å². The summed E-state index contributed by atoms with van der Waals surface area (Å²) >= 11 is 7.74. The molecular formula is C21H24ClNO2S. The normalized spacial score (nSPS) is 17.9. The van der Waals surface area contributed by atoms with Gasteiger partial charge in [-0.25, -0.2) is 0 Å². The Morgan fingerprint density at radius 2 is 2.08 bits per heavy atom. The summed E-state index contributed by atoms with van der Waals surface area (Å²) < 4.78 is 6.07. The number of aryl methyl sites for hydroxylation is 1. The van der Waals surface area contributed by atoms with Crippen LogP contribution in [0.3, 0.4) is 0 Å². The van der Waals surface area contributed by atoms with Crippen molar-refractivity contribution < 1.29 is 9.53 Å². The van der Waals surface area contributed by atoms with Crippen LogP contribution < -0.4 is 10.1 Å². The molecule has 0 bridgehead atoms. The molecule has 2 aromatic rings. The van der Waals surface area contributed by atoms with E-state index >= 15 is 0 Å². The predicted octanol–water partition coefficient (Wildman–Crippen LogP) is 5.30. The number of halogens is 1. The molecule has 1 N–H and O–H groups in total. The summed E-state index contributed by atoms with van der Waals surface area (Å²) in [7, 11) is 0. The first kappa shape index (κ1) is 19.1. The van der Waals surface area contributed by atoms with E-state index in [1.165, 1.54) is 5.56 Å². The summed E-state index contributed by atoms with van der Waals surface area (Å²) in [5.74, 6) is 2.03. The van der Waals surface area contributed by atoms with Crippen molar-refractivity contribution in [2.45, 2.75) is 44.6 Å². The van der Waals surface area contributed by atoms with E-state index in [9.17, 15) is 4.79 Å². The molecule has 2 aromatic carbocycles. The summed E-state index contributed by atoms with van der Waals surface area (Å²) in [6, 6.07) is 13.9. The zero-order valence-corrected chi connectivity index (χ0v) is 16.9. The van der Waals surface area contributed by atoms with Gasteiger partial charge in [-0.05, 0) is 38.5 Å². The third-order valence-electron chi connectivity index (χ3n) is 4.41. The number of rotatable bonds is 5. The summed E-state index contributed by atoms with van der Waals surface area (Å²) in [5, 5.41) is 3.93. The Hall–Kier alpha value is -1.65. The van der Waals surface area contributed by atoms with Crippen LogP contribution in [-0.2, 0) is 10.5 Å². The maximum Gasteiger partial charge on any atom is 0.230 e. The minimum Gasteiger partial charge on any atom is -0.487 e. The second kappa shape index (κ2) is 7.93. The lowest BCUT2D eigenvalue weighted by molar-refractivity contribution is -0.119. The average molecular weight is 390 g/mol. The molecule has 3 rings (SSSR count). The first-order valence-corrected chi connectivity index (χ1v) is 10.3. The highest BCUT2D eigenvalue weighted by Crippen LogP contribution is 2.39. The van der Waals surface area contributed by atoms with Crippen LogP contribution in [0.5, 0.6) is 5.75 Å². The monoisotopic (exact) mass is 389 g/mol. The molecule has 26 heavy (non-hydrogen) atoms. The van der Waals surface area contributed by atoms with Crippen molar-refractivity contribution in [3.63, 3.8) is 0 Å². The molecule has 1 aliphatic rings. The van der Waals surface area contributed by atoms with Gasteiger partial charge >= 0.3 is 0 Å². The number of hydrogen-bond acceptors (Lipinski definition) is 3. The lowest BCUT2D eigenvalue weighted by atomic mass is 9.89. The van der Waals surface area contributed by atoms with E-state index in [1.807, 2.05) is 36.4 Å². The third-order valence-corrected chi connectivity index (χ3v) is 5.76. The zero-order valence-electron chi connectivity index (χ0n) is 15.3. The maximum atomic E-state index is 12.5. The van der Waals surface area contributed by atoms with Crippen LogP contribution in [0.4, 0.5) is 0 Å². The first-order chi connectivity index (χ1) is 12.3. The molecule has 0 aromatic heterocycles. The van der Waals surface area contributed by atoms with E-state index in [1.54, 1.807) is 11.8 Å². The Labute approximate surface area is 164 Å². The fourth-order valence-electron chi connectivity index (χ4n) is 3.21. The predicted molar refractivity (Wildman–Crippen MR) is 109 cm³/mol. The zero-order chi connectivity index (χ0) is 18.7. The Bertz CT molecular complexity index is 806. The van der Waals surface area contributed by atoms with E-state index < -0.39 is 0 Å². The molecule has 0 fully saturated rings. The summed E-state index contributed by atoms with van der Waals surface area (Å²) in [6.45, 7) is 6.17. The smallest absolute Gasteiger partial charge is 0.230 e. The van der Waals surface area contributed by atoms with Crippen LogP contribution in [0, 0.1) is 6.92 Å². The van der Waals surface area contributed by atoms with E-state index in [4.69, 9.17) is 16.3 Å². The van der Waals surface area contributed by atoms with Crippen molar-refractivity contribution in [2.75, 3.05) is 5.75 Å². The number of amides is 1. The SMILES string of the molecule is Cc1ccc2c(c1)C(NC(=O)CSCc1ccccc1Cl)CC(C)(C)O2. The van der Waals surface area contributed by atoms with Crippen LogP contribution in [0.15, 0.2) is 42.5 Å². The number of thioether (sulfide) groups is 1.